The van der Waals surface area contributed by atoms with Gasteiger partial charge in [0.15, 0.2) is 0 Å². The van der Waals surface area contributed by atoms with E-state index in [1.54, 1.807) is 4.90 Å². The van der Waals surface area contributed by atoms with E-state index in [2.05, 4.69) is 20.5 Å². The van der Waals surface area contributed by atoms with E-state index in [-0.39, 0.29) is 17.8 Å². The molecule has 3 heterocycles. The molecule has 2 aliphatic rings. The zero-order chi connectivity index (χ0) is 14.8. The van der Waals surface area contributed by atoms with Crippen molar-refractivity contribution in [3.8, 4) is 0 Å². The Morgan fingerprint density at radius 2 is 1.95 bits per heavy atom. The van der Waals surface area contributed by atoms with Crippen molar-refractivity contribution in [3.63, 3.8) is 0 Å². The van der Waals surface area contributed by atoms with Crippen molar-refractivity contribution < 1.29 is 4.79 Å². The molecule has 0 radical (unpaired) electrons. The molecule has 9 heteroatoms. The van der Waals surface area contributed by atoms with Crippen LogP contribution in [0.4, 0.5) is 5.82 Å². The molecule has 2 fully saturated rings. The molecule has 0 bridgehead atoms. The van der Waals surface area contributed by atoms with E-state index in [0.29, 0.717) is 26.1 Å². The Bertz CT molecular complexity index is 632. The first-order valence-electron chi connectivity index (χ1n) is 7.12. The second-order valence-corrected chi connectivity index (χ2v) is 5.26. The van der Waals surface area contributed by atoms with Crippen LogP contribution in [-0.2, 0) is 4.79 Å². The summed E-state index contributed by atoms with van der Waals surface area (Å²) in [6.45, 7) is 3.52. The molecular formula is C12H18N6O3. The number of carbonyl (C=O) groups is 1. The third-order valence-electron chi connectivity index (χ3n) is 3.93. The summed E-state index contributed by atoms with van der Waals surface area (Å²) in [5.41, 5.74) is -1.20. The zero-order valence-electron chi connectivity index (χ0n) is 11.6. The molecule has 2 saturated heterocycles. The normalized spacial score (nSPS) is 22.6. The summed E-state index contributed by atoms with van der Waals surface area (Å²) < 4.78 is 0. The lowest BCUT2D eigenvalue weighted by Gasteiger charge is -2.32. The summed E-state index contributed by atoms with van der Waals surface area (Å²) in [4.78, 5) is 41.2. The Morgan fingerprint density at radius 3 is 2.67 bits per heavy atom. The van der Waals surface area contributed by atoms with E-state index in [9.17, 15) is 14.4 Å². The van der Waals surface area contributed by atoms with E-state index in [1.807, 2.05) is 4.90 Å². The van der Waals surface area contributed by atoms with Crippen molar-refractivity contribution in [3.05, 3.63) is 20.8 Å². The lowest BCUT2D eigenvalue weighted by Crippen LogP contribution is -2.53. The highest BCUT2D eigenvalue weighted by Gasteiger charge is 2.36. The second-order valence-electron chi connectivity index (χ2n) is 5.26. The number of carbonyl (C=O) groups excluding carboxylic acids is 1. The lowest BCUT2D eigenvalue weighted by molar-refractivity contribution is -0.133. The molecule has 1 aromatic rings. The predicted molar refractivity (Wildman–Crippen MR) is 75.3 cm³/mol. The number of anilines is 1. The first kappa shape index (κ1) is 13.8. The highest BCUT2D eigenvalue weighted by Crippen LogP contribution is 2.22. The molecule has 3 rings (SSSR count). The summed E-state index contributed by atoms with van der Waals surface area (Å²) in [6, 6.07) is -0.373. The van der Waals surface area contributed by atoms with E-state index >= 15 is 0 Å². The summed E-state index contributed by atoms with van der Waals surface area (Å²) in [6.07, 6.45) is 1.52. The van der Waals surface area contributed by atoms with Crippen LogP contribution in [0.15, 0.2) is 9.59 Å². The minimum atomic E-state index is -0.645. The molecule has 1 aromatic heterocycles. The molecule has 21 heavy (non-hydrogen) atoms. The third kappa shape index (κ3) is 2.68. The summed E-state index contributed by atoms with van der Waals surface area (Å²) >= 11 is 0. The third-order valence-corrected chi connectivity index (χ3v) is 3.93. The molecule has 114 valence electrons. The number of hydrogen-bond donors (Lipinski definition) is 3. The summed E-state index contributed by atoms with van der Waals surface area (Å²) in [5, 5.41) is 9.22. The highest BCUT2D eigenvalue weighted by atomic mass is 16.2. The smallest absolute Gasteiger partial charge is 0.339 e. The van der Waals surface area contributed by atoms with Crippen LogP contribution in [0.3, 0.4) is 0 Å². The number of aromatic nitrogens is 3. The molecule has 9 nitrogen and oxygen atoms in total. The SMILES string of the molecule is O=C(C1CCCN1c1n[nH]c(=O)[nH]c1=O)N1CCNCC1. The number of amides is 1. The maximum Gasteiger partial charge on any atom is 0.342 e. The molecule has 0 saturated carbocycles. The predicted octanol–water partition coefficient (Wildman–Crippen LogP) is -2.14. The number of nitrogens with zero attached hydrogens (tertiary/aromatic N) is 3. The lowest BCUT2D eigenvalue weighted by atomic mass is 10.1. The molecule has 1 amide bonds. The fourth-order valence-corrected chi connectivity index (χ4v) is 2.91. The number of aromatic amines is 2. The first-order valence-corrected chi connectivity index (χ1v) is 7.12. The van der Waals surface area contributed by atoms with Crippen LogP contribution in [-0.4, -0.2) is 64.8 Å². The quantitative estimate of drug-likeness (QED) is 0.573. The van der Waals surface area contributed by atoms with Gasteiger partial charge in [-0.3, -0.25) is 14.6 Å². The molecule has 3 N–H and O–H groups in total. The van der Waals surface area contributed by atoms with Crippen molar-refractivity contribution in [2.75, 3.05) is 37.6 Å². The van der Waals surface area contributed by atoms with Crippen molar-refractivity contribution >= 4 is 11.7 Å². The Hall–Kier alpha value is -2.16. The van der Waals surface area contributed by atoms with E-state index in [4.69, 9.17) is 0 Å². The van der Waals surface area contributed by atoms with Crippen LogP contribution in [0, 0.1) is 0 Å². The molecule has 2 aliphatic heterocycles. The van der Waals surface area contributed by atoms with Crippen molar-refractivity contribution in [1.82, 2.24) is 25.4 Å². The average Bonchev–Trinajstić information content (AvgIpc) is 2.96. The van der Waals surface area contributed by atoms with Crippen LogP contribution in [0.25, 0.3) is 0 Å². The van der Waals surface area contributed by atoms with Crippen LogP contribution < -0.4 is 21.5 Å². The van der Waals surface area contributed by atoms with Gasteiger partial charge in [0, 0.05) is 32.7 Å². The standard InChI is InChI=1S/C12H18N6O3/c19-10-9(15-16-12(21)14-10)18-5-1-2-8(18)11(20)17-6-3-13-4-7-17/h8,13H,1-7H2,(H2,14,16,19,21). The van der Waals surface area contributed by atoms with E-state index < -0.39 is 11.2 Å². The van der Waals surface area contributed by atoms with E-state index in [0.717, 1.165) is 19.5 Å². The minimum Gasteiger partial charge on any atom is -0.339 e. The van der Waals surface area contributed by atoms with Gasteiger partial charge >= 0.3 is 5.69 Å². The maximum atomic E-state index is 12.6. The van der Waals surface area contributed by atoms with Gasteiger partial charge in [-0.15, -0.1) is 5.10 Å². The number of nitrogens with one attached hydrogen (secondary N) is 3. The molecule has 1 atom stereocenters. The number of piperazine rings is 1. The van der Waals surface area contributed by atoms with Gasteiger partial charge < -0.3 is 15.1 Å². The maximum absolute atomic E-state index is 12.6. The monoisotopic (exact) mass is 294 g/mol. The second kappa shape index (κ2) is 5.68. The fraction of sp³-hybridized carbons (Fsp3) is 0.667. The van der Waals surface area contributed by atoms with Crippen LogP contribution in [0.2, 0.25) is 0 Å². The van der Waals surface area contributed by atoms with Crippen LogP contribution in [0.5, 0.6) is 0 Å². The Labute approximate surface area is 120 Å². The van der Waals surface area contributed by atoms with Gasteiger partial charge in [-0.05, 0) is 12.8 Å². The van der Waals surface area contributed by atoms with Gasteiger partial charge in [-0.1, -0.05) is 0 Å². The summed E-state index contributed by atoms with van der Waals surface area (Å²) in [7, 11) is 0. The summed E-state index contributed by atoms with van der Waals surface area (Å²) in [5.74, 6) is 0.141. The van der Waals surface area contributed by atoms with Crippen LogP contribution in [0.1, 0.15) is 12.8 Å². The van der Waals surface area contributed by atoms with Gasteiger partial charge in [0.05, 0.1) is 0 Å². The van der Waals surface area contributed by atoms with Gasteiger partial charge in [0.1, 0.15) is 6.04 Å². The van der Waals surface area contributed by atoms with Crippen molar-refractivity contribution in [2.24, 2.45) is 0 Å². The molecule has 0 spiro atoms. The van der Waals surface area contributed by atoms with Gasteiger partial charge in [0.2, 0.25) is 11.7 Å². The Morgan fingerprint density at radius 1 is 1.19 bits per heavy atom. The fourth-order valence-electron chi connectivity index (χ4n) is 2.91. The molecule has 0 aliphatic carbocycles. The molecule has 1 unspecified atom stereocenters. The minimum absolute atomic E-state index is 0.0291. The average molecular weight is 294 g/mol. The molecule has 0 aromatic carbocycles. The zero-order valence-corrected chi connectivity index (χ0v) is 11.6. The first-order chi connectivity index (χ1) is 10.2. The highest BCUT2D eigenvalue weighted by molar-refractivity contribution is 5.85. The van der Waals surface area contributed by atoms with Gasteiger partial charge in [-0.2, -0.15) is 0 Å². The number of rotatable bonds is 2. The topological polar surface area (TPSA) is 114 Å². The van der Waals surface area contributed by atoms with E-state index in [1.165, 1.54) is 0 Å². The van der Waals surface area contributed by atoms with Gasteiger partial charge in [0.25, 0.3) is 5.56 Å². The Kier molecular flexibility index (Phi) is 3.74. The van der Waals surface area contributed by atoms with Crippen molar-refractivity contribution in [1.29, 1.82) is 0 Å². The number of hydrogen-bond acceptors (Lipinski definition) is 6. The largest absolute Gasteiger partial charge is 0.342 e. The van der Waals surface area contributed by atoms with Crippen LogP contribution >= 0.6 is 0 Å². The Balaban J connectivity index is 1.83. The number of H-pyrrole nitrogens is 2. The van der Waals surface area contributed by atoms with Gasteiger partial charge in [-0.25, -0.2) is 9.89 Å². The van der Waals surface area contributed by atoms with Crippen molar-refractivity contribution in [2.45, 2.75) is 18.9 Å². The molecular weight excluding hydrogens is 276 g/mol.